The molecule has 0 saturated heterocycles. The molecule has 0 aliphatic carbocycles. The summed E-state index contributed by atoms with van der Waals surface area (Å²) in [7, 11) is 9.52. The minimum atomic E-state index is -0.889. The standard InChI is InChI=1S/2C9H11NO2.C5H9N/c2*1-10(2)8-5-3-7(4-6-8)9(11)12;1-4-6(3)5-2/h2*3-6H,1-2H3,(H,11,12);4-5H,1-2H2,3H3. The van der Waals surface area contributed by atoms with E-state index in [9.17, 15) is 9.59 Å². The van der Waals surface area contributed by atoms with Crippen LogP contribution in [0.1, 0.15) is 20.7 Å². The zero-order valence-electron chi connectivity index (χ0n) is 18.2. The van der Waals surface area contributed by atoms with E-state index in [1.54, 1.807) is 65.8 Å². The zero-order valence-corrected chi connectivity index (χ0v) is 18.2. The van der Waals surface area contributed by atoms with Gasteiger partial charge in [-0.1, -0.05) is 13.2 Å². The summed E-state index contributed by atoms with van der Waals surface area (Å²) in [6, 6.07) is 13.5. The maximum absolute atomic E-state index is 10.5. The first kappa shape index (κ1) is 26.3. The number of carboxylic acid groups (broad SMARTS) is 2. The van der Waals surface area contributed by atoms with Crippen LogP contribution in [0.15, 0.2) is 74.1 Å². The molecule has 0 amide bonds. The van der Waals surface area contributed by atoms with Crippen LogP contribution in [0, 0.1) is 0 Å². The van der Waals surface area contributed by atoms with Gasteiger partial charge in [-0.3, -0.25) is 0 Å². The van der Waals surface area contributed by atoms with Crippen molar-refractivity contribution in [3.8, 4) is 0 Å². The summed E-state index contributed by atoms with van der Waals surface area (Å²) in [6.45, 7) is 6.97. The summed E-state index contributed by atoms with van der Waals surface area (Å²) < 4.78 is 0. The van der Waals surface area contributed by atoms with Crippen molar-refractivity contribution in [2.75, 3.05) is 45.0 Å². The fourth-order valence-electron chi connectivity index (χ4n) is 1.88. The summed E-state index contributed by atoms with van der Waals surface area (Å²) >= 11 is 0. The number of carbonyl (C=O) groups is 2. The lowest BCUT2D eigenvalue weighted by Gasteiger charge is -2.11. The van der Waals surface area contributed by atoms with Crippen LogP contribution in [0.4, 0.5) is 11.4 Å². The van der Waals surface area contributed by atoms with Crippen LogP contribution in [0.2, 0.25) is 0 Å². The maximum atomic E-state index is 10.5. The molecule has 0 aromatic heterocycles. The third-order valence-corrected chi connectivity index (χ3v) is 3.84. The number of hydrogen-bond donors (Lipinski definition) is 2. The maximum Gasteiger partial charge on any atom is 0.335 e. The van der Waals surface area contributed by atoms with E-state index in [4.69, 9.17) is 10.2 Å². The molecular formula is C23H31N3O4. The van der Waals surface area contributed by atoms with E-state index >= 15 is 0 Å². The van der Waals surface area contributed by atoms with Crippen molar-refractivity contribution in [1.29, 1.82) is 0 Å². The van der Waals surface area contributed by atoms with Gasteiger partial charge in [0.2, 0.25) is 0 Å². The molecule has 2 aromatic carbocycles. The van der Waals surface area contributed by atoms with Crippen molar-refractivity contribution in [3.05, 3.63) is 85.2 Å². The fraction of sp³-hybridized carbons (Fsp3) is 0.217. The molecule has 2 rings (SSSR count). The Balaban J connectivity index is 0.000000447. The van der Waals surface area contributed by atoms with Crippen LogP contribution in [0.3, 0.4) is 0 Å². The topological polar surface area (TPSA) is 84.3 Å². The molecule has 0 fully saturated rings. The largest absolute Gasteiger partial charge is 0.478 e. The second kappa shape index (κ2) is 13.4. The van der Waals surface area contributed by atoms with Crippen molar-refractivity contribution >= 4 is 23.3 Å². The highest BCUT2D eigenvalue weighted by molar-refractivity contribution is 5.88. The van der Waals surface area contributed by atoms with E-state index in [-0.39, 0.29) is 0 Å². The molecule has 30 heavy (non-hydrogen) atoms. The lowest BCUT2D eigenvalue weighted by molar-refractivity contribution is 0.0686. The Labute approximate surface area is 178 Å². The summed E-state index contributed by atoms with van der Waals surface area (Å²) in [4.78, 5) is 26.6. The van der Waals surface area contributed by atoms with Gasteiger partial charge in [0.25, 0.3) is 0 Å². The van der Waals surface area contributed by atoms with Crippen LogP contribution in [-0.4, -0.2) is 62.3 Å². The lowest BCUT2D eigenvalue weighted by Crippen LogP contribution is -2.08. The van der Waals surface area contributed by atoms with Crippen LogP contribution in [0.5, 0.6) is 0 Å². The molecule has 0 spiro atoms. The number of nitrogens with zero attached hydrogens (tertiary/aromatic N) is 3. The summed E-state index contributed by atoms with van der Waals surface area (Å²) in [5, 5.41) is 17.2. The molecule has 0 saturated carbocycles. The third kappa shape index (κ3) is 9.98. The van der Waals surface area contributed by atoms with E-state index in [1.165, 1.54) is 0 Å². The van der Waals surface area contributed by atoms with Gasteiger partial charge in [-0.15, -0.1) is 0 Å². The van der Waals surface area contributed by atoms with Crippen molar-refractivity contribution < 1.29 is 19.8 Å². The number of carboxylic acids is 2. The molecule has 0 aliphatic heterocycles. The highest BCUT2D eigenvalue weighted by Crippen LogP contribution is 2.12. The van der Waals surface area contributed by atoms with Crippen LogP contribution >= 0.6 is 0 Å². The second-order valence-electron chi connectivity index (χ2n) is 6.52. The first-order chi connectivity index (χ1) is 14.0. The van der Waals surface area contributed by atoms with Crippen molar-refractivity contribution in [2.24, 2.45) is 0 Å². The second-order valence-corrected chi connectivity index (χ2v) is 6.52. The van der Waals surface area contributed by atoms with Gasteiger partial charge < -0.3 is 24.9 Å². The molecule has 0 bridgehead atoms. The average molecular weight is 414 g/mol. The first-order valence-corrected chi connectivity index (χ1v) is 9.01. The Bertz CT molecular complexity index is 744. The van der Waals surface area contributed by atoms with Crippen LogP contribution < -0.4 is 9.80 Å². The van der Waals surface area contributed by atoms with Crippen molar-refractivity contribution in [3.63, 3.8) is 0 Å². The summed E-state index contributed by atoms with van der Waals surface area (Å²) in [5.74, 6) is -1.78. The van der Waals surface area contributed by atoms with Gasteiger partial charge in [0, 0.05) is 46.6 Å². The van der Waals surface area contributed by atoms with Gasteiger partial charge in [0.15, 0.2) is 0 Å². The molecule has 7 nitrogen and oxygen atoms in total. The van der Waals surface area contributed by atoms with Crippen molar-refractivity contribution in [1.82, 2.24) is 4.90 Å². The minimum Gasteiger partial charge on any atom is -0.478 e. The lowest BCUT2D eigenvalue weighted by atomic mass is 10.2. The quantitative estimate of drug-likeness (QED) is 0.737. The number of anilines is 2. The molecule has 0 radical (unpaired) electrons. The molecule has 0 unspecified atom stereocenters. The van der Waals surface area contributed by atoms with Crippen LogP contribution in [0.25, 0.3) is 0 Å². The molecular weight excluding hydrogens is 382 g/mol. The van der Waals surface area contributed by atoms with Gasteiger partial charge in [-0.2, -0.15) is 0 Å². The smallest absolute Gasteiger partial charge is 0.335 e. The summed E-state index contributed by atoms with van der Waals surface area (Å²) in [6.07, 6.45) is 3.38. The fourth-order valence-corrected chi connectivity index (χ4v) is 1.88. The SMILES string of the molecule is C=CN(C)C=C.CN(C)c1ccc(C(=O)O)cc1.CN(C)c1ccc(C(=O)O)cc1. The Morgan fingerprint density at radius 3 is 1.07 bits per heavy atom. The molecule has 2 N–H and O–H groups in total. The predicted octanol–water partition coefficient (Wildman–Crippen LogP) is 4.11. The third-order valence-electron chi connectivity index (χ3n) is 3.84. The molecule has 7 heteroatoms. The van der Waals surface area contributed by atoms with E-state index in [0.717, 1.165) is 11.4 Å². The van der Waals surface area contributed by atoms with E-state index in [1.807, 2.05) is 45.0 Å². The number of benzene rings is 2. The Morgan fingerprint density at radius 2 is 0.933 bits per heavy atom. The molecule has 0 atom stereocenters. The molecule has 2 aromatic rings. The van der Waals surface area contributed by atoms with Gasteiger partial charge in [0.05, 0.1) is 11.1 Å². The monoisotopic (exact) mass is 413 g/mol. The highest BCUT2D eigenvalue weighted by atomic mass is 16.4. The Morgan fingerprint density at radius 1 is 0.667 bits per heavy atom. The van der Waals surface area contributed by atoms with Gasteiger partial charge >= 0.3 is 11.9 Å². The van der Waals surface area contributed by atoms with E-state index in [0.29, 0.717) is 11.1 Å². The first-order valence-electron chi connectivity index (χ1n) is 9.01. The van der Waals surface area contributed by atoms with Gasteiger partial charge in [-0.05, 0) is 60.9 Å². The van der Waals surface area contributed by atoms with Gasteiger partial charge in [-0.25, -0.2) is 9.59 Å². The van der Waals surface area contributed by atoms with E-state index in [2.05, 4.69) is 13.2 Å². The van der Waals surface area contributed by atoms with Gasteiger partial charge in [0.1, 0.15) is 0 Å². The van der Waals surface area contributed by atoms with Crippen LogP contribution in [-0.2, 0) is 0 Å². The highest BCUT2D eigenvalue weighted by Gasteiger charge is 2.02. The molecule has 0 aliphatic rings. The molecule has 162 valence electrons. The normalized spacial score (nSPS) is 8.97. The average Bonchev–Trinajstić information content (AvgIpc) is 2.74. The van der Waals surface area contributed by atoms with Crippen molar-refractivity contribution in [2.45, 2.75) is 0 Å². The zero-order chi connectivity index (χ0) is 23.3. The molecule has 0 heterocycles. The predicted molar refractivity (Wildman–Crippen MR) is 124 cm³/mol. The number of rotatable bonds is 6. The minimum absolute atomic E-state index is 0.320. The number of hydrogen-bond acceptors (Lipinski definition) is 5. The number of aromatic carboxylic acids is 2. The Kier molecular flexibility index (Phi) is 11.8. The Hall–Kier alpha value is -3.74. The van der Waals surface area contributed by atoms with E-state index < -0.39 is 11.9 Å². The summed E-state index contributed by atoms with van der Waals surface area (Å²) in [5.41, 5.74) is 2.64.